The average molecular weight is 287 g/mol. The molecule has 0 amide bonds. The molecule has 96 valence electrons. The van der Waals surface area contributed by atoms with Gasteiger partial charge in [0.05, 0.1) is 16.1 Å². The third-order valence-electron chi connectivity index (χ3n) is 2.46. The predicted molar refractivity (Wildman–Crippen MR) is 69.3 cm³/mol. The molecule has 0 spiro atoms. The van der Waals surface area contributed by atoms with Crippen LogP contribution in [0.25, 0.3) is 11.5 Å². The van der Waals surface area contributed by atoms with E-state index in [9.17, 15) is 0 Å². The second-order valence-electron chi connectivity index (χ2n) is 4.21. The molecule has 0 radical (unpaired) electrons. The van der Waals surface area contributed by atoms with Gasteiger partial charge in [-0.2, -0.15) is 4.98 Å². The zero-order valence-electron chi connectivity index (χ0n) is 9.89. The summed E-state index contributed by atoms with van der Waals surface area (Å²) in [4.78, 5) is 8.28. The Bertz CT molecular complexity index is 556. The molecule has 7 heteroatoms. The number of halogens is 2. The number of hydrogen-bond donors (Lipinski definition) is 1. The van der Waals surface area contributed by atoms with Crippen LogP contribution in [-0.4, -0.2) is 15.1 Å². The lowest BCUT2D eigenvalue weighted by molar-refractivity contribution is 0.325. The maximum absolute atomic E-state index is 6.02. The minimum absolute atomic E-state index is 0.201. The summed E-state index contributed by atoms with van der Waals surface area (Å²) in [6, 6.07) is 1.27. The van der Waals surface area contributed by atoms with Crippen molar-refractivity contribution in [1.82, 2.24) is 15.1 Å². The molecule has 18 heavy (non-hydrogen) atoms. The number of pyridine rings is 1. The van der Waals surface area contributed by atoms with E-state index >= 15 is 0 Å². The van der Waals surface area contributed by atoms with Gasteiger partial charge in [-0.15, -0.1) is 0 Å². The fourth-order valence-electron chi connectivity index (χ4n) is 1.33. The lowest BCUT2D eigenvalue weighted by Crippen LogP contribution is -2.16. The van der Waals surface area contributed by atoms with Gasteiger partial charge in [-0.3, -0.25) is 0 Å². The third-order valence-corrected chi connectivity index (χ3v) is 2.96. The molecule has 2 heterocycles. The Labute approximate surface area is 114 Å². The molecule has 0 bridgehead atoms. The van der Waals surface area contributed by atoms with Crippen molar-refractivity contribution in [2.75, 3.05) is 0 Å². The summed E-state index contributed by atoms with van der Waals surface area (Å²) < 4.78 is 5.11. The normalized spacial score (nSPS) is 13.0. The van der Waals surface area contributed by atoms with Gasteiger partial charge in [0.1, 0.15) is 5.69 Å². The Morgan fingerprint density at radius 3 is 2.67 bits per heavy atom. The fraction of sp³-hybridized carbons (Fsp3) is 0.364. The smallest absolute Gasteiger partial charge is 0.244 e. The monoisotopic (exact) mass is 286 g/mol. The predicted octanol–water partition coefficient (Wildman–Crippen LogP) is 3.09. The van der Waals surface area contributed by atoms with E-state index in [-0.39, 0.29) is 12.0 Å². The highest BCUT2D eigenvalue weighted by atomic mass is 35.5. The molecule has 0 fully saturated rings. The van der Waals surface area contributed by atoms with E-state index < -0.39 is 0 Å². The maximum atomic E-state index is 6.02. The molecule has 0 saturated heterocycles. The van der Waals surface area contributed by atoms with Gasteiger partial charge in [0.2, 0.25) is 11.7 Å². The Morgan fingerprint density at radius 2 is 2.06 bits per heavy atom. The number of nitrogens with two attached hydrogens (primary N) is 1. The van der Waals surface area contributed by atoms with Gasteiger partial charge in [0.25, 0.3) is 0 Å². The Morgan fingerprint density at radius 1 is 1.33 bits per heavy atom. The molecular formula is C11H12Cl2N4O. The minimum atomic E-state index is -0.308. The summed E-state index contributed by atoms with van der Waals surface area (Å²) in [5, 5.41) is 4.64. The van der Waals surface area contributed by atoms with E-state index in [1.807, 2.05) is 13.8 Å². The van der Waals surface area contributed by atoms with E-state index in [0.717, 1.165) is 0 Å². The number of rotatable bonds is 3. The molecule has 0 aliphatic rings. The number of aromatic nitrogens is 3. The van der Waals surface area contributed by atoms with Crippen molar-refractivity contribution in [2.24, 2.45) is 11.7 Å². The lowest BCUT2D eigenvalue weighted by atomic mass is 10.1. The van der Waals surface area contributed by atoms with Crippen LogP contribution in [0.3, 0.4) is 0 Å². The van der Waals surface area contributed by atoms with Crippen LogP contribution in [0.5, 0.6) is 0 Å². The van der Waals surface area contributed by atoms with Gasteiger partial charge < -0.3 is 10.3 Å². The molecule has 1 atom stereocenters. The highest BCUT2D eigenvalue weighted by Gasteiger charge is 2.20. The van der Waals surface area contributed by atoms with Gasteiger partial charge in [-0.25, -0.2) is 4.98 Å². The first-order valence-electron chi connectivity index (χ1n) is 5.39. The molecule has 2 aromatic rings. The van der Waals surface area contributed by atoms with Crippen LogP contribution in [0.2, 0.25) is 10.0 Å². The summed E-state index contributed by atoms with van der Waals surface area (Å²) in [7, 11) is 0. The van der Waals surface area contributed by atoms with Crippen molar-refractivity contribution in [3.05, 3.63) is 28.2 Å². The molecule has 0 aromatic carbocycles. The molecule has 0 aliphatic carbocycles. The summed E-state index contributed by atoms with van der Waals surface area (Å²) in [5.74, 6) is 0.877. The molecule has 5 nitrogen and oxygen atoms in total. The van der Waals surface area contributed by atoms with Gasteiger partial charge in [-0.1, -0.05) is 42.2 Å². The van der Waals surface area contributed by atoms with Crippen LogP contribution >= 0.6 is 23.2 Å². The molecule has 2 N–H and O–H groups in total. The van der Waals surface area contributed by atoms with Crippen LogP contribution in [0.15, 0.2) is 16.8 Å². The zero-order chi connectivity index (χ0) is 13.3. The summed E-state index contributed by atoms with van der Waals surface area (Å²) in [5.41, 5.74) is 6.34. The Kier molecular flexibility index (Phi) is 3.85. The highest BCUT2D eigenvalue weighted by molar-refractivity contribution is 6.35. The van der Waals surface area contributed by atoms with Crippen LogP contribution in [0.1, 0.15) is 25.8 Å². The second-order valence-corrected chi connectivity index (χ2v) is 5.05. The van der Waals surface area contributed by atoms with Crippen molar-refractivity contribution in [3.63, 3.8) is 0 Å². The Balaban J connectivity index is 2.35. The highest BCUT2D eigenvalue weighted by Crippen LogP contribution is 2.27. The van der Waals surface area contributed by atoms with E-state index in [0.29, 0.717) is 27.5 Å². The van der Waals surface area contributed by atoms with Crippen LogP contribution in [0.4, 0.5) is 0 Å². The molecule has 2 aromatic heterocycles. The lowest BCUT2D eigenvalue weighted by Gasteiger charge is -2.09. The molecule has 2 rings (SSSR count). The summed E-state index contributed by atoms with van der Waals surface area (Å²) >= 11 is 11.8. The first kappa shape index (κ1) is 13.3. The molecule has 0 saturated carbocycles. The average Bonchev–Trinajstić information content (AvgIpc) is 2.77. The van der Waals surface area contributed by atoms with Crippen molar-refractivity contribution in [2.45, 2.75) is 19.9 Å². The SMILES string of the molecule is CC(C)[C@H](N)c1nc(-c2ncc(Cl)cc2Cl)no1. The number of nitrogens with zero attached hydrogens (tertiary/aromatic N) is 3. The first-order valence-corrected chi connectivity index (χ1v) is 6.15. The minimum Gasteiger partial charge on any atom is -0.337 e. The second kappa shape index (κ2) is 5.22. The van der Waals surface area contributed by atoms with Crippen molar-refractivity contribution >= 4 is 23.2 Å². The van der Waals surface area contributed by atoms with E-state index in [2.05, 4.69) is 15.1 Å². The summed E-state index contributed by atoms with van der Waals surface area (Å²) in [6.07, 6.45) is 1.47. The van der Waals surface area contributed by atoms with Crippen molar-refractivity contribution in [1.29, 1.82) is 0 Å². The fourth-order valence-corrected chi connectivity index (χ4v) is 1.80. The van der Waals surface area contributed by atoms with E-state index in [1.54, 1.807) is 6.07 Å². The van der Waals surface area contributed by atoms with Gasteiger partial charge >= 0.3 is 0 Å². The zero-order valence-corrected chi connectivity index (χ0v) is 11.4. The molecule has 0 unspecified atom stereocenters. The van der Waals surface area contributed by atoms with Gasteiger partial charge in [0.15, 0.2) is 0 Å². The van der Waals surface area contributed by atoms with Gasteiger partial charge in [0, 0.05) is 6.20 Å². The van der Waals surface area contributed by atoms with Crippen molar-refractivity contribution in [3.8, 4) is 11.5 Å². The van der Waals surface area contributed by atoms with Crippen LogP contribution in [-0.2, 0) is 0 Å². The quantitative estimate of drug-likeness (QED) is 0.938. The molecule has 0 aliphatic heterocycles. The molecular weight excluding hydrogens is 275 g/mol. The van der Waals surface area contributed by atoms with E-state index in [1.165, 1.54) is 6.20 Å². The topological polar surface area (TPSA) is 77.8 Å². The maximum Gasteiger partial charge on any atom is 0.244 e. The Hall–Kier alpha value is -1.17. The standard InChI is InChI=1S/C11H12Cl2N4O/c1-5(2)8(14)11-16-10(17-18-11)9-7(13)3-6(12)4-15-9/h3-5,8H,14H2,1-2H3/t8-/m0/s1. The number of hydrogen-bond acceptors (Lipinski definition) is 5. The van der Waals surface area contributed by atoms with Crippen molar-refractivity contribution < 1.29 is 4.52 Å². The largest absolute Gasteiger partial charge is 0.337 e. The van der Waals surface area contributed by atoms with Gasteiger partial charge in [-0.05, 0) is 12.0 Å². The van der Waals surface area contributed by atoms with Crippen LogP contribution in [0, 0.1) is 5.92 Å². The van der Waals surface area contributed by atoms with Crippen LogP contribution < -0.4 is 5.73 Å². The van der Waals surface area contributed by atoms with E-state index in [4.69, 9.17) is 33.5 Å². The summed E-state index contributed by atoms with van der Waals surface area (Å²) in [6.45, 7) is 3.95. The first-order chi connectivity index (χ1) is 8.49. The third kappa shape index (κ3) is 2.63.